The van der Waals surface area contributed by atoms with E-state index in [9.17, 15) is 9.90 Å². The number of hydrogen-bond acceptors (Lipinski definition) is 5. The van der Waals surface area contributed by atoms with Gasteiger partial charge in [-0.3, -0.25) is 4.79 Å². The van der Waals surface area contributed by atoms with Crippen LogP contribution in [-0.2, 0) is 15.6 Å². The molecule has 0 aliphatic carbocycles. The molecular weight excluding hydrogens is 554 g/mol. The lowest BCUT2D eigenvalue weighted by molar-refractivity contribution is -0.625. The first kappa shape index (κ1) is 30.3. The summed E-state index contributed by atoms with van der Waals surface area (Å²) in [6.45, 7) is 14.2. The van der Waals surface area contributed by atoms with Crippen LogP contribution in [-0.4, -0.2) is 28.1 Å². The molecule has 41 heavy (non-hydrogen) atoms. The van der Waals surface area contributed by atoms with Gasteiger partial charge in [0.25, 0.3) is 11.7 Å². The number of halogens is 1. The lowest BCUT2D eigenvalue weighted by atomic mass is 9.78. The maximum absolute atomic E-state index is 13.1. The van der Waals surface area contributed by atoms with Crippen molar-refractivity contribution in [2.75, 3.05) is 5.75 Å². The molecule has 0 bridgehead atoms. The predicted molar refractivity (Wildman–Crippen MR) is 165 cm³/mol. The lowest BCUT2D eigenvalue weighted by Gasteiger charge is -2.33. The minimum Gasteiger partial charge on any atom is -0.872 e. The standard InChI is InChI=1S/C32H36ClN5O2S/c1-20-8-14-24(15-9-20)38-29(22-10-12-23(33)13-11-22)36-37-30(38)41-19-27(39)35-34-18-21-16-25(31(2,3)4)28(40)26(17-21)32(5,6)7/h8-18H,19H2,1-7H3,(H2,34,35,39,40). The van der Waals surface area contributed by atoms with Gasteiger partial charge < -0.3 is 5.11 Å². The summed E-state index contributed by atoms with van der Waals surface area (Å²) in [5, 5.41) is 26.2. The molecule has 7 nitrogen and oxygen atoms in total. The van der Waals surface area contributed by atoms with Gasteiger partial charge in [0.1, 0.15) is 5.69 Å². The van der Waals surface area contributed by atoms with Gasteiger partial charge >= 0.3 is 5.16 Å². The van der Waals surface area contributed by atoms with Crippen molar-refractivity contribution in [1.29, 1.82) is 0 Å². The van der Waals surface area contributed by atoms with Gasteiger partial charge in [-0.2, -0.15) is 9.67 Å². The molecule has 2 N–H and O–H groups in total. The molecule has 0 spiro atoms. The molecule has 4 aromatic rings. The molecular formula is C32H36ClN5O2S. The molecule has 9 heteroatoms. The number of carbonyl (C=O) groups is 1. The van der Waals surface area contributed by atoms with Crippen LogP contribution in [0.4, 0.5) is 0 Å². The lowest BCUT2D eigenvalue weighted by Crippen LogP contribution is -2.34. The van der Waals surface area contributed by atoms with Crippen LogP contribution in [0.2, 0.25) is 5.02 Å². The number of aryl methyl sites for hydroxylation is 1. The zero-order valence-corrected chi connectivity index (χ0v) is 26.1. The summed E-state index contributed by atoms with van der Waals surface area (Å²) in [5.41, 5.74) is 7.17. The molecule has 1 amide bonds. The fourth-order valence-corrected chi connectivity index (χ4v) is 5.20. The topological polar surface area (TPSA) is 97.1 Å². The van der Waals surface area contributed by atoms with E-state index >= 15 is 0 Å². The Kier molecular flexibility index (Phi) is 8.94. The van der Waals surface area contributed by atoms with E-state index in [-0.39, 0.29) is 28.2 Å². The molecule has 0 radical (unpaired) electrons. The van der Waals surface area contributed by atoms with Crippen molar-refractivity contribution in [3.05, 3.63) is 87.9 Å². The number of amides is 1. The molecule has 0 aliphatic rings. The van der Waals surface area contributed by atoms with Gasteiger partial charge in [-0.25, -0.2) is 5.43 Å². The maximum atomic E-state index is 13.1. The Morgan fingerprint density at radius 2 is 1.61 bits per heavy atom. The van der Waals surface area contributed by atoms with Crippen molar-refractivity contribution >= 4 is 35.5 Å². The van der Waals surface area contributed by atoms with Crippen LogP contribution in [0.15, 0.2) is 70.9 Å². The molecule has 0 unspecified atom stereocenters. The molecule has 214 valence electrons. The largest absolute Gasteiger partial charge is 0.872 e. The van der Waals surface area contributed by atoms with Crippen molar-refractivity contribution in [1.82, 2.24) is 15.6 Å². The summed E-state index contributed by atoms with van der Waals surface area (Å²) in [6.07, 6.45) is 1.59. The number of hydrogen-bond donors (Lipinski definition) is 2. The molecule has 0 atom stereocenters. The number of carbonyl (C=O) groups excluding carboxylic acids is 1. The highest BCUT2D eigenvalue weighted by Crippen LogP contribution is 2.37. The zero-order chi connectivity index (χ0) is 29.9. The molecule has 0 saturated carbocycles. The maximum Gasteiger partial charge on any atom is 0.342 e. The van der Waals surface area contributed by atoms with E-state index in [1.54, 1.807) is 6.21 Å². The summed E-state index contributed by atoms with van der Waals surface area (Å²) < 4.78 is 1.98. The molecule has 0 aliphatic heterocycles. The van der Waals surface area contributed by atoms with Gasteiger partial charge in [0.15, 0.2) is 0 Å². The average Bonchev–Trinajstić information content (AvgIpc) is 3.31. The fourth-order valence-electron chi connectivity index (χ4n) is 4.31. The summed E-state index contributed by atoms with van der Waals surface area (Å²) in [5.74, 6) is 0.665. The van der Waals surface area contributed by atoms with Gasteiger partial charge in [0, 0.05) is 5.02 Å². The zero-order valence-electron chi connectivity index (χ0n) is 24.5. The Hall–Kier alpha value is -3.62. The second-order valence-electron chi connectivity index (χ2n) is 12.1. The van der Waals surface area contributed by atoms with Gasteiger partial charge in [-0.15, -0.1) is 10.8 Å². The average molecular weight is 590 g/mol. The van der Waals surface area contributed by atoms with Crippen molar-refractivity contribution in [2.45, 2.75) is 64.5 Å². The number of nitrogens with one attached hydrogen (secondary N) is 2. The van der Waals surface area contributed by atoms with Crippen LogP contribution >= 0.6 is 23.4 Å². The number of aromatic nitrogens is 3. The second-order valence-corrected chi connectivity index (χ2v) is 13.4. The van der Waals surface area contributed by atoms with Gasteiger partial charge in [0.05, 0.1) is 22.6 Å². The second kappa shape index (κ2) is 12.1. The smallest absolute Gasteiger partial charge is 0.342 e. The summed E-state index contributed by atoms with van der Waals surface area (Å²) >= 11 is 7.40. The fraction of sp³-hybridized carbons (Fsp3) is 0.312. The van der Waals surface area contributed by atoms with E-state index in [4.69, 9.17) is 11.6 Å². The minimum absolute atomic E-state index is 0.0569. The van der Waals surface area contributed by atoms with Crippen LogP contribution in [0.1, 0.15) is 63.8 Å². The predicted octanol–water partition coefficient (Wildman–Crippen LogP) is 6.23. The van der Waals surface area contributed by atoms with Crippen molar-refractivity contribution in [3.8, 4) is 22.8 Å². The van der Waals surface area contributed by atoms with Crippen LogP contribution in [0.25, 0.3) is 17.1 Å². The van der Waals surface area contributed by atoms with Gasteiger partial charge in [-0.1, -0.05) is 83.0 Å². The van der Waals surface area contributed by atoms with E-state index in [1.165, 1.54) is 11.8 Å². The third-order valence-electron chi connectivity index (χ3n) is 6.54. The highest BCUT2D eigenvalue weighted by molar-refractivity contribution is 7.99. The van der Waals surface area contributed by atoms with Gasteiger partial charge in [0.2, 0.25) is 0 Å². The van der Waals surface area contributed by atoms with Gasteiger partial charge in [-0.05, 0) is 82.6 Å². The number of nitrogens with zero attached hydrogens (tertiary/aromatic N) is 3. The van der Waals surface area contributed by atoms with E-state index < -0.39 is 0 Å². The Morgan fingerprint density at radius 1 is 1.02 bits per heavy atom. The highest BCUT2D eigenvalue weighted by Gasteiger charge is 2.25. The van der Waals surface area contributed by atoms with Crippen LogP contribution < -0.4 is 15.1 Å². The molecule has 3 aromatic carbocycles. The quantitative estimate of drug-likeness (QED) is 0.116. The Bertz CT molecular complexity index is 1530. The molecule has 1 aromatic heterocycles. The molecule has 0 saturated heterocycles. The van der Waals surface area contributed by atoms with E-state index in [0.717, 1.165) is 39.3 Å². The van der Waals surface area contributed by atoms with E-state index in [2.05, 4.69) is 20.7 Å². The Labute approximate surface area is 251 Å². The molecule has 4 rings (SSSR count). The highest BCUT2D eigenvalue weighted by atomic mass is 35.5. The number of thioether (sulfide) groups is 1. The van der Waals surface area contributed by atoms with Crippen molar-refractivity contribution < 1.29 is 14.5 Å². The number of benzene rings is 3. The number of aromatic amines is 1. The first-order valence-corrected chi connectivity index (χ1v) is 14.7. The molecule has 1 heterocycles. The number of H-pyrrole nitrogens is 1. The van der Waals surface area contributed by atoms with Crippen molar-refractivity contribution in [2.24, 2.45) is 5.10 Å². The molecule has 0 fully saturated rings. The monoisotopic (exact) mass is 589 g/mol. The van der Waals surface area contributed by atoms with Crippen LogP contribution in [0, 0.1) is 6.92 Å². The minimum atomic E-state index is -0.317. The van der Waals surface area contributed by atoms with E-state index in [0.29, 0.717) is 10.2 Å². The summed E-state index contributed by atoms with van der Waals surface area (Å²) in [6, 6.07) is 19.3. The first-order chi connectivity index (χ1) is 19.2. The van der Waals surface area contributed by atoms with Crippen LogP contribution in [0.3, 0.4) is 0 Å². The third kappa shape index (κ3) is 7.37. The first-order valence-electron chi connectivity index (χ1n) is 13.4. The summed E-state index contributed by atoms with van der Waals surface area (Å²) in [4.78, 5) is 12.8. The van der Waals surface area contributed by atoms with Crippen LogP contribution in [0.5, 0.6) is 5.75 Å². The number of hydrazone groups is 1. The SMILES string of the molecule is Cc1ccc(-[n+]2c(SCC(=O)NN=Cc3cc(C(C)(C)C)c([O-])c(C(C)(C)C)c3)n[nH]c2-c2ccc(Cl)cc2)cc1. The van der Waals surface area contributed by atoms with Crippen molar-refractivity contribution in [3.63, 3.8) is 0 Å². The third-order valence-corrected chi connectivity index (χ3v) is 7.74. The Morgan fingerprint density at radius 3 is 2.17 bits per heavy atom. The Balaban J connectivity index is 1.52. The normalized spacial score (nSPS) is 12.2. The van der Waals surface area contributed by atoms with E-state index in [1.807, 2.05) is 114 Å². The number of rotatable bonds is 7. The summed E-state index contributed by atoms with van der Waals surface area (Å²) in [7, 11) is 0.